The van der Waals surface area contributed by atoms with Gasteiger partial charge in [0.2, 0.25) is 5.91 Å². The second-order valence-corrected chi connectivity index (χ2v) is 5.78. The van der Waals surface area contributed by atoms with Gasteiger partial charge in [-0.2, -0.15) is 0 Å². The van der Waals surface area contributed by atoms with Crippen LogP contribution in [0, 0.1) is 0 Å². The molecule has 0 saturated heterocycles. The third-order valence-electron chi connectivity index (χ3n) is 4.02. The van der Waals surface area contributed by atoms with Gasteiger partial charge in [-0.15, -0.1) is 0 Å². The maximum Gasteiger partial charge on any atom is 0.253 e. The predicted molar refractivity (Wildman–Crippen MR) is 87.0 cm³/mol. The standard InChI is InChI=1S/C17H20N4O2/c22-16(11-21-10-9-18-12-21)20-15-8-4-3-7-14(15)17(23)19-13-5-1-2-6-13/h3-4,7-10,12-13H,1-2,5-6,11H2,(H,19,23)(H,20,22). The van der Waals surface area contributed by atoms with E-state index in [0.717, 1.165) is 25.7 Å². The summed E-state index contributed by atoms with van der Waals surface area (Å²) >= 11 is 0. The van der Waals surface area contributed by atoms with Crippen molar-refractivity contribution in [2.45, 2.75) is 38.3 Å². The number of amides is 2. The third kappa shape index (κ3) is 3.97. The van der Waals surface area contributed by atoms with E-state index in [0.29, 0.717) is 11.3 Å². The second kappa shape index (κ2) is 7.09. The summed E-state index contributed by atoms with van der Waals surface area (Å²) in [5.74, 6) is -0.320. The molecule has 2 amide bonds. The lowest BCUT2D eigenvalue weighted by atomic mass is 10.1. The molecule has 0 unspecified atom stereocenters. The van der Waals surface area contributed by atoms with Crippen LogP contribution in [0.5, 0.6) is 0 Å². The van der Waals surface area contributed by atoms with Gasteiger partial charge >= 0.3 is 0 Å². The molecule has 1 saturated carbocycles. The Hall–Kier alpha value is -2.63. The van der Waals surface area contributed by atoms with Gasteiger partial charge in [0.15, 0.2) is 0 Å². The van der Waals surface area contributed by atoms with Crippen LogP contribution in [0.25, 0.3) is 0 Å². The fourth-order valence-corrected chi connectivity index (χ4v) is 2.86. The number of nitrogens with one attached hydrogen (secondary N) is 2. The summed E-state index contributed by atoms with van der Waals surface area (Å²) in [4.78, 5) is 28.5. The maximum atomic E-state index is 12.4. The van der Waals surface area contributed by atoms with E-state index in [9.17, 15) is 9.59 Å². The lowest BCUT2D eigenvalue weighted by Crippen LogP contribution is -2.33. The highest BCUT2D eigenvalue weighted by Gasteiger charge is 2.20. The number of hydrogen-bond donors (Lipinski definition) is 2. The number of nitrogens with zero attached hydrogens (tertiary/aromatic N) is 2. The Balaban J connectivity index is 1.67. The molecule has 2 aromatic rings. The van der Waals surface area contributed by atoms with Gasteiger partial charge < -0.3 is 15.2 Å². The number of para-hydroxylation sites is 1. The van der Waals surface area contributed by atoms with Crippen molar-refractivity contribution in [2.24, 2.45) is 0 Å². The zero-order valence-corrected chi connectivity index (χ0v) is 12.9. The molecule has 1 aromatic carbocycles. The molecule has 120 valence electrons. The summed E-state index contributed by atoms with van der Waals surface area (Å²) in [5, 5.41) is 5.86. The number of carbonyl (C=O) groups excluding carboxylic acids is 2. The Kier molecular flexibility index (Phi) is 4.71. The van der Waals surface area contributed by atoms with E-state index in [4.69, 9.17) is 0 Å². The Bertz CT molecular complexity index is 676. The fourth-order valence-electron chi connectivity index (χ4n) is 2.86. The van der Waals surface area contributed by atoms with Crippen molar-refractivity contribution in [3.05, 3.63) is 48.5 Å². The molecule has 0 radical (unpaired) electrons. The minimum atomic E-state index is -0.191. The second-order valence-electron chi connectivity index (χ2n) is 5.78. The van der Waals surface area contributed by atoms with Crippen LogP contribution in [0.2, 0.25) is 0 Å². The normalized spacial score (nSPS) is 14.6. The number of benzene rings is 1. The highest BCUT2D eigenvalue weighted by atomic mass is 16.2. The number of aromatic nitrogens is 2. The predicted octanol–water partition coefficient (Wildman–Crippen LogP) is 2.19. The molecule has 1 aliphatic carbocycles. The molecule has 6 heteroatoms. The van der Waals surface area contributed by atoms with Crippen LogP contribution in [0.3, 0.4) is 0 Å². The zero-order chi connectivity index (χ0) is 16.1. The molecule has 3 rings (SSSR count). The molecule has 6 nitrogen and oxygen atoms in total. The highest BCUT2D eigenvalue weighted by molar-refractivity contribution is 6.03. The monoisotopic (exact) mass is 312 g/mol. The van der Waals surface area contributed by atoms with E-state index >= 15 is 0 Å². The molecular formula is C17H20N4O2. The van der Waals surface area contributed by atoms with Gasteiger partial charge in [-0.25, -0.2) is 4.98 Å². The van der Waals surface area contributed by atoms with E-state index in [-0.39, 0.29) is 24.4 Å². The molecular weight excluding hydrogens is 292 g/mol. The van der Waals surface area contributed by atoms with E-state index in [2.05, 4.69) is 15.6 Å². The van der Waals surface area contributed by atoms with Gasteiger partial charge in [0.25, 0.3) is 5.91 Å². The molecule has 0 spiro atoms. The SMILES string of the molecule is O=C(Cn1ccnc1)Nc1ccccc1C(=O)NC1CCCC1. The summed E-state index contributed by atoms with van der Waals surface area (Å²) in [6.45, 7) is 0.165. The van der Waals surface area contributed by atoms with Gasteiger partial charge in [-0.05, 0) is 25.0 Å². The first-order chi connectivity index (χ1) is 11.2. The number of carbonyl (C=O) groups is 2. The molecule has 23 heavy (non-hydrogen) atoms. The van der Waals surface area contributed by atoms with E-state index in [1.165, 1.54) is 0 Å². The number of anilines is 1. The van der Waals surface area contributed by atoms with Crippen LogP contribution >= 0.6 is 0 Å². The Morgan fingerprint density at radius 3 is 2.74 bits per heavy atom. The van der Waals surface area contributed by atoms with Crippen molar-refractivity contribution >= 4 is 17.5 Å². The quantitative estimate of drug-likeness (QED) is 0.888. The van der Waals surface area contributed by atoms with E-state index in [1.807, 2.05) is 0 Å². The Morgan fingerprint density at radius 1 is 1.22 bits per heavy atom. The number of rotatable bonds is 5. The molecule has 1 fully saturated rings. The zero-order valence-electron chi connectivity index (χ0n) is 12.9. The van der Waals surface area contributed by atoms with Gasteiger partial charge in [0, 0.05) is 18.4 Å². The first-order valence-corrected chi connectivity index (χ1v) is 7.88. The summed E-state index contributed by atoms with van der Waals surface area (Å²) < 4.78 is 1.68. The summed E-state index contributed by atoms with van der Waals surface area (Å²) in [6, 6.07) is 7.33. The number of imidazole rings is 1. The van der Waals surface area contributed by atoms with Gasteiger partial charge in [0.05, 0.1) is 17.6 Å². The average molecular weight is 312 g/mol. The summed E-state index contributed by atoms with van der Waals surface area (Å²) in [7, 11) is 0. The number of hydrogen-bond acceptors (Lipinski definition) is 3. The molecule has 1 aromatic heterocycles. The molecule has 0 bridgehead atoms. The molecule has 0 aliphatic heterocycles. The van der Waals surface area contributed by atoms with Crippen molar-refractivity contribution in [1.82, 2.24) is 14.9 Å². The smallest absolute Gasteiger partial charge is 0.253 e. The molecule has 1 aliphatic rings. The van der Waals surface area contributed by atoms with Crippen LogP contribution in [0.1, 0.15) is 36.0 Å². The lowest BCUT2D eigenvalue weighted by Gasteiger charge is -2.15. The maximum absolute atomic E-state index is 12.4. The highest BCUT2D eigenvalue weighted by Crippen LogP contribution is 2.20. The van der Waals surface area contributed by atoms with Crippen LogP contribution in [0.15, 0.2) is 43.0 Å². The van der Waals surface area contributed by atoms with Gasteiger partial charge in [0.1, 0.15) is 6.54 Å². The van der Waals surface area contributed by atoms with Crippen molar-refractivity contribution in [3.8, 4) is 0 Å². The Morgan fingerprint density at radius 2 is 2.00 bits per heavy atom. The van der Waals surface area contributed by atoms with Crippen LogP contribution in [0.4, 0.5) is 5.69 Å². The van der Waals surface area contributed by atoms with Crippen LogP contribution in [-0.4, -0.2) is 27.4 Å². The minimum absolute atomic E-state index is 0.129. The third-order valence-corrected chi connectivity index (χ3v) is 4.02. The summed E-state index contributed by atoms with van der Waals surface area (Å²) in [5.41, 5.74) is 1.03. The molecule has 2 N–H and O–H groups in total. The average Bonchev–Trinajstić information content (AvgIpc) is 3.21. The van der Waals surface area contributed by atoms with Crippen molar-refractivity contribution in [1.29, 1.82) is 0 Å². The fraction of sp³-hybridized carbons (Fsp3) is 0.353. The summed E-state index contributed by atoms with van der Waals surface area (Å²) in [6.07, 6.45) is 9.30. The van der Waals surface area contributed by atoms with E-state index < -0.39 is 0 Å². The van der Waals surface area contributed by atoms with Crippen molar-refractivity contribution in [2.75, 3.05) is 5.32 Å². The van der Waals surface area contributed by atoms with Crippen molar-refractivity contribution in [3.63, 3.8) is 0 Å². The van der Waals surface area contributed by atoms with Crippen LogP contribution < -0.4 is 10.6 Å². The van der Waals surface area contributed by atoms with Crippen molar-refractivity contribution < 1.29 is 9.59 Å². The topological polar surface area (TPSA) is 76.0 Å². The molecule has 0 atom stereocenters. The van der Waals surface area contributed by atoms with Gasteiger partial charge in [-0.3, -0.25) is 9.59 Å². The largest absolute Gasteiger partial charge is 0.349 e. The molecule has 1 heterocycles. The first kappa shape index (κ1) is 15.3. The van der Waals surface area contributed by atoms with Crippen LogP contribution in [-0.2, 0) is 11.3 Å². The lowest BCUT2D eigenvalue weighted by molar-refractivity contribution is -0.116. The first-order valence-electron chi connectivity index (χ1n) is 7.88. The Labute approximate surface area is 134 Å². The minimum Gasteiger partial charge on any atom is -0.349 e. The van der Waals surface area contributed by atoms with E-state index in [1.54, 1.807) is 47.6 Å². The van der Waals surface area contributed by atoms with Gasteiger partial charge in [-0.1, -0.05) is 25.0 Å².